The molecule has 1 heterocycles. The van der Waals surface area contributed by atoms with E-state index in [0.717, 1.165) is 16.8 Å². The first-order valence-corrected chi connectivity index (χ1v) is 8.09. The Balaban J connectivity index is 1.85. The zero-order valence-electron chi connectivity index (χ0n) is 13.0. The summed E-state index contributed by atoms with van der Waals surface area (Å²) in [5, 5.41) is 9.31. The molecule has 2 amide bonds. The van der Waals surface area contributed by atoms with E-state index in [4.69, 9.17) is 0 Å². The van der Waals surface area contributed by atoms with Gasteiger partial charge in [0.2, 0.25) is 5.91 Å². The fraction of sp³-hybridized carbons (Fsp3) is 0.294. The van der Waals surface area contributed by atoms with Gasteiger partial charge in [-0.05, 0) is 43.3 Å². The van der Waals surface area contributed by atoms with E-state index in [1.165, 1.54) is 16.9 Å². The van der Waals surface area contributed by atoms with Crippen molar-refractivity contribution in [1.29, 1.82) is 0 Å². The summed E-state index contributed by atoms with van der Waals surface area (Å²) in [6.07, 6.45) is 0.253. The molecule has 0 aliphatic heterocycles. The first-order chi connectivity index (χ1) is 10.5. The average Bonchev–Trinajstić information content (AvgIpc) is 2.97. The molecule has 0 spiro atoms. The SMILES string of the molecule is Cc1cc(C)c(NC(=O)CCNC(=O)c2ccsc2)c(C)c1. The number of aryl methyl sites for hydroxylation is 3. The van der Waals surface area contributed by atoms with Crippen LogP contribution in [0.4, 0.5) is 5.69 Å². The summed E-state index contributed by atoms with van der Waals surface area (Å²) in [6, 6.07) is 5.85. The fourth-order valence-corrected chi connectivity index (χ4v) is 3.00. The lowest BCUT2D eigenvalue weighted by molar-refractivity contribution is -0.116. The Morgan fingerprint density at radius 2 is 1.82 bits per heavy atom. The van der Waals surface area contributed by atoms with E-state index in [1.807, 2.05) is 38.3 Å². The Kier molecular flexibility index (Phi) is 5.33. The van der Waals surface area contributed by atoms with Crippen LogP contribution >= 0.6 is 11.3 Å². The lowest BCUT2D eigenvalue weighted by Crippen LogP contribution is -2.27. The number of carbonyl (C=O) groups is 2. The summed E-state index contributed by atoms with van der Waals surface area (Å²) in [5.74, 6) is -0.239. The van der Waals surface area contributed by atoms with E-state index in [1.54, 1.807) is 11.4 Å². The zero-order valence-corrected chi connectivity index (χ0v) is 13.8. The number of hydrogen-bond acceptors (Lipinski definition) is 3. The number of carbonyl (C=O) groups excluding carboxylic acids is 2. The number of nitrogens with one attached hydrogen (secondary N) is 2. The van der Waals surface area contributed by atoms with Crippen LogP contribution in [0.5, 0.6) is 0 Å². The van der Waals surface area contributed by atoms with Crippen molar-refractivity contribution in [2.24, 2.45) is 0 Å². The standard InChI is InChI=1S/C17H20N2O2S/c1-11-8-12(2)16(13(3)9-11)19-15(20)4-6-18-17(21)14-5-7-22-10-14/h5,7-10H,4,6H2,1-3H3,(H,18,21)(H,19,20). The van der Waals surface area contributed by atoms with Gasteiger partial charge >= 0.3 is 0 Å². The highest BCUT2D eigenvalue weighted by Gasteiger charge is 2.10. The quantitative estimate of drug-likeness (QED) is 0.888. The molecule has 0 atom stereocenters. The molecule has 4 nitrogen and oxygen atoms in total. The molecule has 0 saturated carbocycles. The van der Waals surface area contributed by atoms with Crippen molar-refractivity contribution < 1.29 is 9.59 Å². The summed E-state index contributed by atoms with van der Waals surface area (Å²) in [5.41, 5.74) is 4.77. The van der Waals surface area contributed by atoms with Crippen LogP contribution < -0.4 is 10.6 Å². The van der Waals surface area contributed by atoms with Gasteiger partial charge in [0, 0.05) is 29.6 Å². The van der Waals surface area contributed by atoms with Crippen molar-refractivity contribution >= 4 is 28.8 Å². The molecule has 0 saturated heterocycles. The molecule has 0 aliphatic rings. The molecular formula is C17H20N2O2S. The van der Waals surface area contributed by atoms with E-state index in [9.17, 15) is 9.59 Å². The molecule has 2 aromatic rings. The van der Waals surface area contributed by atoms with E-state index < -0.39 is 0 Å². The predicted molar refractivity (Wildman–Crippen MR) is 90.6 cm³/mol. The minimum Gasteiger partial charge on any atom is -0.351 e. The maximum atomic E-state index is 12.0. The number of thiophene rings is 1. The Morgan fingerprint density at radius 1 is 1.14 bits per heavy atom. The molecule has 116 valence electrons. The molecule has 1 aromatic heterocycles. The summed E-state index contributed by atoms with van der Waals surface area (Å²) in [4.78, 5) is 23.8. The summed E-state index contributed by atoms with van der Waals surface area (Å²) in [6.45, 7) is 6.32. The summed E-state index contributed by atoms with van der Waals surface area (Å²) in [7, 11) is 0. The largest absolute Gasteiger partial charge is 0.351 e. The van der Waals surface area contributed by atoms with Gasteiger partial charge in [-0.15, -0.1) is 0 Å². The molecule has 0 fully saturated rings. The number of benzene rings is 1. The average molecular weight is 316 g/mol. The van der Waals surface area contributed by atoms with Gasteiger partial charge in [-0.25, -0.2) is 0 Å². The van der Waals surface area contributed by atoms with Crippen molar-refractivity contribution in [2.45, 2.75) is 27.2 Å². The molecule has 0 aliphatic carbocycles. The van der Waals surface area contributed by atoms with Crippen LogP contribution in [-0.2, 0) is 4.79 Å². The van der Waals surface area contributed by atoms with Crippen molar-refractivity contribution in [2.75, 3.05) is 11.9 Å². The summed E-state index contributed by atoms with van der Waals surface area (Å²) < 4.78 is 0. The zero-order chi connectivity index (χ0) is 16.1. The van der Waals surface area contributed by atoms with E-state index in [-0.39, 0.29) is 18.2 Å². The topological polar surface area (TPSA) is 58.2 Å². The first-order valence-electron chi connectivity index (χ1n) is 7.15. The van der Waals surface area contributed by atoms with Crippen LogP contribution in [0.3, 0.4) is 0 Å². The fourth-order valence-electron chi connectivity index (χ4n) is 2.36. The minimum atomic E-state index is -0.142. The molecular weight excluding hydrogens is 296 g/mol. The van der Waals surface area contributed by atoms with E-state index in [0.29, 0.717) is 12.1 Å². The third-order valence-electron chi connectivity index (χ3n) is 3.36. The Hall–Kier alpha value is -2.14. The molecule has 1 aromatic carbocycles. The molecule has 0 radical (unpaired) electrons. The third-order valence-corrected chi connectivity index (χ3v) is 4.05. The highest BCUT2D eigenvalue weighted by molar-refractivity contribution is 7.08. The lowest BCUT2D eigenvalue weighted by Gasteiger charge is -2.13. The Bertz CT molecular complexity index is 655. The highest BCUT2D eigenvalue weighted by atomic mass is 32.1. The van der Waals surface area contributed by atoms with Crippen LogP contribution in [0.25, 0.3) is 0 Å². The Labute approximate surface area is 134 Å². The number of rotatable bonds is 5. The maximum Gasteiger partial charge on any atom is 0.252 e. The number of hydrogen-bond donors (Lipinski definition) is 2. The summed E-state index contributed by atoms with van der Waals surface area (Å²) >= 11 is 1.47. The van der Waals surface area contributed by atoms with Crippen molar-refractivity contribution in [3.63, 3.8) is 0 Å². The lowest BCUT2D eigenvalue weighted by atomic mass is 10.1. The molecule has 2 N–H and O–H groups in total. The van der Waals surface area contributed by atoms with Crippen molar-refractivity contribution in [3.8, 4) is 0 Å². The van der Waals surface area contributed by atoms with Gasteiger partial charge in [0.1, 0.15) is 0 Å². The van der Waals surface area contributed by atoms with Gasteiger partial charge in [0.05, 0.1) is 0 Å². The van der Waals surface area contributed by atoms with Gasteiger partial charge in [-0.2, -0.15) is 11.3 Å². The van der Waals surface area contributed by atoms with Crippen molar-refractivity contribution in [3.05, 3.63) is 51.2 Å². The van der Waals surface area contributed by atoms with Crippen LogP contribution in [0.2, 0.25) is 0 Å². The van der Waals surface area contributed by atoms with Crippen LogP contribution in [0.15, 0.2) is 29.0 Å². The molecule has 0 unspecified atom stereocenters. The second-order valence-electron chi connectivity index (χ2n) is 5.34. The van der Waals surface area contributed by atoms with E-state index >= 15 is 0 Å². The number of anilines is 1. The Morgan fingerprint density at radius 3 is 2.41 bits per heavy atom. The number of amides is 2. The maximum absolute atomic E-state index is 12.0. The first kappa shape index (κ1) is 16.2. The molecule has 2 rings (SSSR count). The molecule has 22 heavy (non-hydrogen) atoms. The monoisotopic (exact) mass is 316 g/mol. The second-order valence-corrected chi connectivity index (χ2v) is 6.12. The van der Waals surface area contributed by atoms with Crippen LogP contribution in [-0.4, -0.2) is 18.4 Å². The predicted octanol–water partition coefficient (Wildman–Crippen LogP) is 3.43. The van der Waals surface area contributed by atoms with E-state index in [2.05, 4.69) is 10.6 Å². The van der Waals surface area contributed by atoms with Crippen LogP contribution in [0, 0.1) is 20.8 Å². The highest BCUT2D eigenvalue weighted by Crippen LogP contribution is 2.21. The molecule has 5 heteroatoms. The van der Waals surface area contributed by atoms with Crippen LogP contribution in [0.1, 0.15) is 33.5 Å². The van der Waals surface area contributed by atoms with Gasteiger partial charge in [-0.3, -0.25) is 9.59 Å². The van der Waals surface area contributed by atoms with Gasteiger partial charge in [0.25, 0.3) is 5.91 Å². The van der Waals surface area contributed by atoms with Crippen molar-refractivity contribution in [1.82, 2.24) is 5.32 Å². The second kappa shape index (κ2) is 7.22. The molecule has 0 bridgehead atoms. The minimum absolute atomic E-state index is 0.0966. The van der Waals surface area contributed by atoms with Gasteiger partial charge < -0.3 is 10.6 Å². The van der Waals surface area contributed by atoms with Gasteiger partial charge in [-0.1, -0.05) is 17.7 Å². The smallest absolute Gasteiger partial charge is 0.252 e. The normalized spacial score (nSPS) is 10.3. The van der Waals surface area contributed by atoms with Gasteiger partial charge in [0.15, 0.2) is 0 Å². The third kappa shape index (κ3) is 4.18.